The minimum atomic E-state index is -0.337. The van der Waals surface area contributed by atoms with Crippen LogP contribution in [0.5, 0.6) is 0 Å². The molecule has 1 amide bonds. The van der Waals surface area contributed by atoms with Gasteiger partial charge in [0.15, 0.2) is 5.82 Å². The first-order valence-corrected chi connectivity index (χ1v) is 11.7. The van der Waals surface area contributed by atoms with Crippen molar-refractivity contribution < 1.29 is 9.18 Å². The van der Waals surface area contributed by atoms with E-state index in [1.54, 1.807) is 24.7 Å². The molecule has 8 heteroatoms. The Morgan fingerprint density at radius 2 is 1.91 bits per heavy atom. The number of benzene rings is 2. The summed E-state index contributed by atoms with van der Waals surface area (Å²) in [6.07, 6.45) is 6.36. The lowest BCUT2D eigenvalue weighted by molar-refractivity contribution is -0.131. The molecule has 172 valence electrons. The van der Waals surface area contributed by atoms with Gasteiger partial charge in [0, 0.05) is 37.3 Å². The Morgan fingerprint density at radius 3 is 2.71 bits per heavy atom. The molecule has 1 atom stereocenters. The van der Waals surface area contributed by atoms with Gasteiger partial charge in [-0.2, -0.15) is 5.10 Å². The van der Waals surface area contributed by atoms with Gasteiger partial charge in [0.2, 0.25) is 5.91 Å². The first-order valence-electron chi connectivity index (χ1n) is 11.7. The number of H-pyrrole nitrogens is 1. The number of likely N-dealkylation sites (tertiary alicyclic amines) is 1. The van der Waals surface area contributed by atoms with Crippen molar-refractivity contribution in [3.8, 4) is 33.8 Å². The van der Waals surface area contributed by atoms with Gasteiger partial charge in [0.1, 0.15) is 12.1 Å². The monoisotopic (exact) mass is 456 g/mol. The molecule has 1 aliphatic heterocycles. The van der Waals surface area contributed by atoms with Crippen LogP contribution >= 0.6 is 0 Å². The molecule has 0 bridgehead atoms. The largest absolute Gasteiger partial charge is 0.342 e. The van der Waals surface area contributed by atoms with Crippen LogP contribution in [0.4, 0.5) is 4.39 Å². The summed E-state index contributed by atoms with van der Waals surface area (Å²) in [5.74, 6) is 1.05. The third-order valence-corrected chi connectivity index (χ3v) is 6.81. The Balaban J connectivity index is 1.21. The van der Waals surface area contributed by atoms with Gasteiger partial charge in [-0.1, -0.05) is 24.3 Å². The average molecular weight is 457 g/mol. The van der Waals surface area contributed by atoms with Gasteiger partial charge in [-0.15, -0.1) is 10.2 Å². The molecule has 1 unspecified atom stereocenters. The highest BCUT2D eigenvalue weighted by Crippen LogP contribution is 2.34. The van der Waals surface area contributed by atoms with E-state index in [-0.39, 0.29) is 11.7 Å². The number of hydrogen-bond acceptors (Lipinski definition) is 4. The van der Waals surface area contributed by atoms with Crippen molar-refractivity contribution in [3.05, 3.63) is 66.9 Å². The van der Waals surface area contributed by atoms with Crippen LogP contribution in [-0.2, 0) is 11.3 Å². The van der Waals surface area contributed by atoms with E-state index in [9.17, 15) is 4.79 Å². The van der Waals surface area contributed by atoms with E-state index in [1.165, 1.54) is 0 Å². The zero-order valence-electron chi connectivity index (χ0n) is 18.7. The predicted octanol–water partition coefficient (Wildman–Crippen LogP) is 4.40. The second-order valence-corrected chi connectivity index (χ2v) is 9.27. The fourth-order valence-electron chi connectivity index (χ4n) is 4.80. The molecule has 1 N–H and O–H groups in total. The number of halogens is 1. The Hall–Kier alpha value is -3.81. The highest BCUT2D eigenvalue weighted by Gasteiger charge is 2.36. The Kier molecular flexibility index (Phi) is 5.20. The maximum atomic E-state index is 15.3. The average Bonchev–Trinajstić information content (AvgIpc) is 3.22. The number of nitrogens with one attached hydrogen (secondary N) is 1. The van der Waals surface area contributed by atoms with Crippen LogP contribution in [0.25, 0.3) is 33.8 Å². The first-order chi connectivity index (χ1) is 16.7. The van der Waals surface area contributed by atoms with Gasteiger partial charge in [-0.05, 0) is 60.6 Å². The maximum absolute atomic E-state index is 15.3. The quantitative estimate of drug-likeness (QED) is 0.466. The van der Waals surface area contributed by atoms with E-state index in [0.29, 0.717) is 29.8 Å². The summed E-state index contributed by atoms with van der Waals surface area (Å²) in [5, 5.41) is 15.2. The van der Waals surface area contributed by atoms with E-state index in [4.69, 9.17) is 0 Å². The van der Waals surface area contributed by atoms with E-state index < -0.39 is 0 Å². The van der Waals surface area contributed by atoms with Gasteiger partial charge in [-0.3, -0.25) is 9.89 Å². The first kappa shape index (κ1) is 20.8. The lowest BCUT2D eigenvalue weighted by Crippen LogP contribution is -2.30. The number of aromatic nitrogens is 5. The SMILES string of the molecule is O=C(C1CC1)N1CCC(Cn2cnnc2-c2ccc(-c3cccc(-c4ccn[nH]4)c3)cc2F)C1. The second kappa shape index (κ2) is 8.52. The molecular weight excluding hydrogens is 431 g/mol. The van der Waals surface area contributed by atoms with Crippen LogP contribution in [0.2, 0.25) is 0 Å². The molecule has 3 heterocycles. The molecule has 7 nitrogen and oxygen atoms in total. The van der Waals surface area contributed by atoms with Crippen molar-refractivity contribution in [1.29, 1.82) is 0 Å². The molecule has 0 spiro atoms. The second-order valence-electron chi connectivity index (χ2n) is 9.27. The van der Waals surface area contributed by atoms with Crippen LogP contribution in [0.15, 0.2) is 61.1 Å². The summed E-state index contributed by atoms with van der Waals surface area (Å²) in [6, 6.07) is 15.1. The zero-order chi connectivity index (χ0) is 23.1. The zero-order valence-corrected chi connectivity index (χ0v) is 18.7. The normalized spacial score (nSPS) is 17.9. The number of amides is 1. The maximum Gasteiger partial charge on any atom is 0.225 e. The molecule has 1 saturated carbocycles. The van der Waals surface area contributed by atoms with Crippen molar-refractivity contribution in [2.24, 2.45) is 11.8 Å². The number of carbonyl (C=O) groups excluding carboxylic acids is 1. The summed E-state index contributed by atoms with van der Waals surface area (Å²) in [6.45, 7) is 2.23. The van der Waals surface area contributed by atoms with Crippen LogP contribution in [0.1, 0.15) is 19.3 Å². The van der Waals surface area contributed by atoms with Gasteiger partial charge >= 0.3 is 0 Å². The lowest BCUT2D eigenvalue weighted by Gasteiger charge is -2.17. The third kappa shape index (κ3) is 4.00. The molecular formula is C26H25FN6O. The van der Waals surface area contributed by atoms with E-state index in [2.05, 4.69) is 20.4 Å². The number of nitrogens with zero attached hydrogens (tertiary/aromatic N) is 5. The van der Waals surface area contributed by atoms with E-state index in [0.717, 1.165) is 54.7 Å². The molecule has 4 aromatic rings. The van der Waals surface area contributed by atoms with E-state index >= 15 is 4.39 Å². The number of carbonyl (C=O) groups is 1. The number of rotatable bonds is 6. The van der Waals surface area contributed by atoms with Crippen LogP contribution in [0.3, 0.4) is 0 Å². The number of hydrogen-bond donors (Lipinski definition) is 1. The van der Waals surface area contributed by atoms with Crippen molar-refractivity contribution >= 4 is 5.91 Å². The molecule has 2 aromatic carbocycles. The fourth-order valence-corrected chi connectivity index (χ4v) is 4.80. The minimum absolute atomic E-state index is 0.247. The summed E-state index contributed by atoms with van der Waals surface area (Å²) in [4.78, 5) is 14.4. The molecule has 2 fully saturated rings. The molecule has 6 rings (SSSR count). The standard InChI is InChI=1S/C26H25FN6O/c27-23-13-20(19-2-1-3-21(12-19)24-8-10-28-30-24)6-7-22(23)25-31-29-16-33(25)15-17-9-11-32(14-17)26(34)18-4-5-18/h1-3,6-8,10,12-13,16-18H,4-5,9,11,14-15H2,(H,28,30). The van der Waals surface area contributed by atoms with Crippen molar-refractivity contribution in [1.82, 2.24) is 29.9 Å². The molecule has 2 aromatic heterocycles. The number of aromatic amines is 1. The molecule has 1 saturated heterocycles. The topological polar surface area (TPSA) is 79.7 Å². The Bertz CT molecular complexity index is 1330. The summed E-state index contributed by atoms with van der Waals surface area (Å²) >= 11 is 0. The Labute approximate surface area is 196 Å². The minimum Gasteiger partial charge on any atom is -0.342 e. The fraction of sp³-hybridized carbons (Fsp3) is 0.308. The van der Waals surface area contributed by atoms with Crippen LogP contribution in [-0.4, -0.2) is 48.9 Å². The van der Waals surface area contributed by atoms with E-state index in [1.807, 2.05) is 45.9 Å². The summed E-state index contributed by atoms with van der Waals surface area (Å²) < 4.78 is 17.2. The van der Waals surface area contributed by atoms with Gasteiger partial charge in [-0.25, -0.2) is 4.39 Å². The van der Waals surface area contributed by atoms with Crippen molar-refractivity contribution in [2.45, 2.75) is 25.8 Å². The molecule has 0 radical (unpaired) electrons. The molecule has 34 heavy (non-hydrogen) atoms. The smallest absolute Gasteiger partial charge is 0.225 e. The summed E-state index contributed by atoms with van der Waals surface area (Å²) in [7, 11) is 0. The highest BCUT2D eigenvalue weighted by molar-refractivity contribution is 5.81. The van der Waals surface area contributed by atoms with Crippen LogP contribution < -0.4 is 0 Å². The van der Waals surface area contributed by atoms with Crippen molar-refractivity contribution in [3.63, 3.8) is 0 Å². The third-order valence-electron chi connectivity index (χ3n) is 6.81. The van der Waals surface area contributed by atoms with Gasteiger partial charge in [0.25, 0.3) is 0 Å². The van der Waals surface area contributed by atoms with Crippen molar-refractivity contribution in [2.75, 3.05) is 13.1 Å². The molecule has 1 aliphatic carbocycles. The summed E-state index contributed by atoms with van der Waals surface area (Å²) in [5.41, 5.74) is 4.04. The van der Waals surface area contributed by atoms with Gasteiger partial charge < -0.3 is 9.47 Å². The van der Waals surface area contributed by atoms with Gasteiger partial charge in [0.05, 0.1) is 11.3 Å². The molecule has 2 aliphatic rings. The van der Waals surface area contributed by atoms with Crippen LogP contribution in [0, 0.1) is 17.7 Å². The Morgan fingerprint density at radius 1 is 1.06 bits per heavy atom. The lowest BCUT2D eigenvalue weighted by atomic mass is 10.00. The predicted molar refractivity (Wildman–Crippen MR) is 126 cm³/mol. The highest BCUT2D eigenvalue weighted by atomic mass is 19.1.